The number of amides is 2. The van der Waals surface area contributed by atoms with Crippen LogP contribution in [0.25, 0.3) is 0 Å². The molecule has 0 aliphatic heterocycles. The van der Waals surface area contributed by atoms with Crippen LogP contribution in [0.4, 0.5) is 11.6 Å². The molecule has 32 heavy (non-hydrogen) atoms. The van der Waals surface area contributed by atoms with E-state index < -0.39 is 0 Å². The zero-order valence-corrected chi connectivity index (χ0v) is 20.7. The molecule has 3 rings (SSSR count). The average Bonchev–Trinajstić information content (AvgIpc) is 3.23. The summed E-state index contributed by atoms with van der Waals surface area (Å²) in [6.45, 7) is 16.2. The van der Waals surface area contributed by atoms with Crippen molar-refractivity contribution in [1.29, 1.82) is 0 Å². The highest BCUT2D eigenvalue weighted by molar-refractivity contribution is 5.94. The van der Waals surface area contributed by atoms with Crippen LogP contribution in [-0.4, -0.2) is 31.4 Å². The first-order chi connectivity index (χ1) is 14.8. The quantitative estimate of drug-likeness (QED) is 0.724. The molecule has 0 atom stereocenters. The Morgan fingerprint density at radius 1 is 0.750 bits per heavy atom. The maximum atomic E-state index is 12.9. The smallest absolute Gasteiger partial charge is 0.228 e. The zero-order chi connectivity index (χ0) is 23.8. The van der Waals surface area contributed by atoms with Crippen molar-refractivity contribution >= 4 is 23.5 Å². The van der Waals surface area contributed by atoms with Gasteiger partial charge in [0, 0.05) is 24.0 Å². The van der Waals surface area contributed by atoms with E-state index in [1.807, 2.05) is 35.3 Å². The molecule has 1 saturated carbocycles. The number of aromatic nitrogens is 4. The van der Waals surface area contributed by atoms with Crippen LogP contribution in [-0.2, 0) is 20.7 Å². The molecule has 1 aliphatic rings. The predicted molar refractivity (Wildman–Crippen MR) is 127 cm³/mol. The summed E-state index contributed by atoms with van der Waals surface area (Å²) in [4.78, 5) is 25.8. The van der Waals surface area contributed by atoms with E-state index in [4.69, 9.17) is 0 Å². The molecule has 0 spiro atoms. The maximum Gasteiger partial charge on any atom is 0.228 e. The second kappa shape index (κ2) is 8.71. The van der Waals surface area contributed by atoms with Gasteiger partial charge in [0.1, 0.15) is 11.6 Å². The van der Waals surface area contributed by atoms with Crippen LogP contribution in [0.15, 0.2) is 12.1 Å². The normalized spacial score (nSPS) is 19.6. The fraction of sp³-hybridized carbons (Fsp3) is 0.667. The van der Waals surface area contributed by atoms with E-state index in [9.17, 15) is 9.59 Å². The molecule has 1 aliphatic carbocycles. The monoisotopic (exact) mass is 442 g/mol. The van der Waals surface area contributed by atoms with Crippen molar-refractivity contribution in [2.24, 2.45) is 11.8 Å². The fourth-order valence-corrected chi connectivity index (χ4v) is 4.27. The van der Waals surface area contributed by atoms with Gasteiger partial charge in [-0.1, -0.05) is 0 Å². The zero-order valence-electron chi connectivity index (χ0n) is 20.7. The second-order valence-corrected chi connectivity index (χ2v) is 11.0. The van der Waals surface area contributed by atoms with E-state index in [-0.39, 0.29) is 34.7 Å². The highest BCUT2D eigenvalue weighted by atomic mass is 16.2. The summed E-state index contributed by atoms with van der Waals surface area (Å²) >= 11 is 0. The lowest BCUT2D eigenvalue weighted by Gasteiger charge is -2.28. The first kappa shape index (κ1) is 24.0. The number of anilines is 2. The Hall–Kier alpha value is -2.64. The lowest BCUT2D eigenvalue weighted by Crippen LogP contribution is -2.34. The van der Waals surface area contributed by atoms with Gasteiger partial charge in [-0.25, -0.2) is 9.36 Å². The van der Waals surface area contributed by atoms with Gasteiger partial charge < -0.3 is 10.6 Å². The molecular weight excluding hydrogens is 404 g/mol. The molecule has 0 saturated heterocycles. The van der Waals surface area contributed by atoms with Crippen LogP contribution in [0.3, 0.4) is 0 Å². The minimum absolute atomic E-state index is 0.00990. The van der Waals surface area contributed by atoms with E-state index in [2.05, 4.69) is 62.4 Å². The number of rotatable bonds is 4. The third-order valence-electron chi connectivity index (χ3n) is 5.91. The summed E-state index contributed by atoms with van der Waals surface area (Å²) in [5.41, 5.74) is 1.32. The number of aryl methyl sites for hydroxylation is 2. The van der Waals surface area contributed by atoms with Crippen LogP contribution < -0.4 is 10.6 Å². The molecule has 0 aromatic carbocycles. The van der Waals surface area contributed by atoms with Crippen LogP contribution in [0, 0.1) is 25.7 Å². The molecule has 2 heterocycles. The van der Waals surface area contributed by atoms with Gasteiger partial charge in [-0.05, 0) is 81.1 Å². The van der Waals surface area contributed by atoms with E-state index in [1.54, 1.807) is 0 Å². The van der Waals surface area contributed by atoms with Gasteiger partial charge in [0.25, 0.3) is 0 Å². The van der Waals surface area contributed by atoms with Gasteiger partial charge in [-0.3, -0.25) is 9.59 Å². The summed E-state index contributed by atoms with van der Waals surface area (Å²) in [6.07, 6.45) is 2.79. The largest absolute Gasteiger partial charge is 0.311 e. The number of carbonyl (C=O) groups excluding carboxylic acids is 2. The molecule has 8 heteroatoms. The first-order valence-corrected chi connectivity index (χ1v) is 11.5. The molecule has 0 bridgehead atoms. The number of nitrogens with zero attached hydrogens (tertiary/aromatic N) is 4. The summed E-state index contributed by atoms with van der Waals surface area (Å²) in [5, 5.41) is 15.2. The van der Waals surface area contributed by atoms with Crippen LogP contribution in [0.5, 0.6) is 0 Å². The Bertz CT molecular complexity index is 901. The van der Waals surface area contributed by atoms with Crippen LogP contribution >= 0.6 is 0 Å². The Morgan fingerprint density at radius 3 is 1.34 bits per heavy atom. The van der Waals surface area contributed by atoms with Gasteiger partial charge in [0.15, 0.2) is 0 Å². The minimum atomic E-state index is -0.218. The molecule has 2 N–H and O–H groups in total. The summed E-state index contributed by atoms with van der Waals surface area (Å²) in [5.74, 6) is 1.29. The summed E-state index contributed by atoms with van der Waals surface area (Å²) in [7, 11) is 0. The Kier molecular flexibility index (Phi) is 6.54. The number of hydrogen-bond acceptors (Lipinski definition) is 4. The Labute approximate surface area is 191 Å². The molecule has 0 unspecified atom stereocenters. The van der Waals surface area contributed by atoms with E-state index in [0.29, 0.717) is 25.7 Å². The van der Waals surface area contributed by atoms with Gasteiger partial charge in [0.05, 0.1) is 22.5 Å². The molecule has 2 aromatic rings. The number of hydrogen-bond donors (Lipinski definition) is 2. The van der Waals surface area contributed by atoms with E-state index in [1.165, 1.54) is 0 Å². The molecule has 8 nitrogen and oxygen atoms in total. The van der Waals surface area contributed by atoms with Crippen molar-refractivity contribution in [2.45, 2.75) is 92.2 Å². The average molecular weight is 443 g/mol. The fourth-order valence-electron chi connectivity index (χ4n) is 4.27. The minimum Gasteiger partial charge on any atom is -0.311 e. The SMILES string of the molecule is Cc1cc(NC(=O)C2CCC(C(=O)Nc3cc(C)nn3C(C)(C)C)CC2)n(C(C)(C)C)n1. The third kappa shape index (κ3) is 5.40. The molecule has 0 radical (unpaired) electrons. The lowest BCUT2D eigenvalue weighted by atomic mass is 9.81. The third-order valence-corrected chi connectivity index (χ3v) is 5.91. The number of carbonyl (C=O) groups is 2. The van der Waals surface area contributed by atoms with Gasteiger partial charge in [0.2, 0.25) is 11.8 Å². The van der Waals surface area contributed by atoms with Crippen molar-refractivity contribution in [3.05, 3.63) is 23.5 Å². The van der Waals surface area contributed by atoms with Crippen molar-refractivity contribution in [1.82, 2.24) is 19.6 Å². The van der Waals surface area contributed by atoms with E-state index in [0.717, 1.165) is 23.0 Å². The first-order valence-electron chi connectivity index (χ1n) is 11.5. The number of nitrogens with one attached hydrogen (secondary N) is 2. The van der Waals surface area contributed by atoms with Gasteiger partial charge in [-0.15, -0.1) is 0 Å². The standard InChI is InChI=1S/C24H38N6O2/c1-15-13-19(29(27-15)23(3,4)5)25-21(31)17-9-11-18(12-10-17)22(32)26-20-14-16(2)28-30(20)24(6,7)8/h13-14,17-18H,9-12H2,1-8H3,(H,25,31)(H,26,32). The molecule has 176 valence electrons. The van der Waals surface area contributed by atoms with Gasteiger partial charge in [-0.2, -0.15) is 10.2 Å². The summed E-state index contributed by atoms with van der Waals surface area (Å²) < 4.78 is 3.72. The Morgan fingerprint density at radius 2 is 1.06 bits per heavy atom. The predicted octanol–water partition coefficient (Wildman–Crippen LogP) is 4.59. The summed E-state index contributed by atoms with van der Waals surface area (Å²) in [6, 6.07) is 3.81. The molecule has 1 fully saturated rings. The van der Waals surface area contributed by atoms with Crippen molar-refractivity contribution < 1.29 is 9.59 Å². The molecule has 2 amide bonds. The topological polar surface area (TPSA) is 93.8 Å². The maximum absolute atomic E-state index is 12.9. The van der Waals surface area contributed by atoms with Crippen molar-refractivity contribution in [3.8, 4) is 0 Å². The van der Waals surface area contributed by atoms with Crippen molar-refractivity contribution in [3.63, 3.8) is 0 Å². The highest BCUT2D eigenvalue weighted by Gasteiger charge is 2.32. The van der Waals surface area contributed by atoms with E-state index >= 15 is 0 Å². The van der Waals surface area contributed by atoms with Crippen molar-refractivity contribution in [2.75, 3.05) is 10.6 Å². The van der Waals surface area contributed by atoms with Crippen LogP contribution in [0.2, 0.25) is 0 Å². The lowest BCUT2D eigenvalue weighted by molar-refractivity contribution is -0.125. The molecular formula is C24H38N6O2. The highest BCUT2D eigenvalue weighted by Crippen LogP contribution is 2.32. The van der Waals surface area contributed by atoms with Crippen LogP contribution in [0.1, 0.15) is 78.6 Å². The molecule has 2 aromatic heterocycles. The second-order valence-electron chi connectivity index (χ2n) is 11.0. The Balaban J connectivity index is 1.59. The van der Waals surface area contributed by atoms with Gasteiger partial charge >= 0.3 is 0 Å².